The highest BCUT2D eigenvalue weighted by molar-refractivity contribution is 4.88. The van der Waals surface area contributed by atoms with Gasteiger partial charge in [-0.3, -0.25) is 0 Å². The van der Waals surface area contributed by atoms with E-state index in [-0.39, 0.29) is 17.7 Å². The fourth-order valence-electron chi connectivity index (χ4n) is 2.96. The van der Waals surface area contributed by atoms with Crippen molar-refractivity contribution in [2.45, 2.75) is 64.1 Å². The minimum Gasteiger partial charge on any atom is -0.394 e. The van der Waals surface area contributed by atoms with E-state index < -0.39 is 0 Å². The van der Waals surface area contributed by atoms with E-state index in [0.717, 1.165) is 32.5 Å². The average molecular weight is 272 g/mol. The largest absolute Gasteiger partial charge is 0.394 e. The van der Waals surface area contributed by atoms with Crippen molar-refractivity contribution in [2.75, 3.05) is 33.4 Å². The number of ether oxygens (including phenoxy) is 1. The number of aliphatic hydroxyl groups is 1. The fourth-order valence-corrected chi connectivity index (χ4v) is 2.96. The van der Waals surface area contributed by atoms with Gasteiger partial charge in [0, 0.05) is 31.8 Å². The van der Waals surface area contributed by atoms with Gasteiger partial charge in [0.15, 0.2) is 0 Å². The Morgan fingerprint density at radius 1 is 1.47 bits per heavy atom. The average Bonchev–Trinajstić information content (AvgIpc) is 2.36. The molecule has 0 bridgehead atoms. The molecule has 1 aliphatic rings. The molecular weight excluding hydrogens is 240 g/mol. The third-order valence-corrected chi connectivity index (χ3v) is 4.20. The fraction of sp³-hybridized carbons (Fsp3) is 1.00. The van der Waals surface area contributed by atoms with E-state index in [2.05, 4.69) is 37.9 Å². The highest BCUT2D eigenvalue weighted by Gasteiger charge is 2.32. The van der Waals surface area contributed by atoms with Crippen LogP contribution in [-0.2, 0) is 4.74 Å². The zero-order chi connectivity index (χ0) is 14.5. The summed E-state index contributed by atoms with van der Waals surface area (Å²) in [5.74, 6) is 0. The number of hydrogen-bond donors (Lipinski definition) is 2. The van der Waals surface area contributed by atoms with Gasteiger partial charge in [0.2, 0.25) is 0 Å². The van der Waals surface area contributed by atoms with Crippen molar-refractivity contribution in [3.05, 3.63) is 0 Å². The maximum atomic E-state index is 9.61. The molecule has 1 rings (SSSR count). The van der Waals surface area contributed by atoms with E-state index in [9.17, 15) is 5.11 Å². The Morgan fingerprint density at radius 2 is 2.16 bits per heavy atom. The summed E-state index contributed by atoms with van der Waals surface area (Å²) in [6.45, 7) is 11.9. The van der Waals surface area contributed by atoms with Crippen molar-refractivity contribution in [1.82, 2.24) is 10.2 Å². The number of rotatable bonds is 7. The minimum absolute atomic E-state index is 0.000652. The molecule has 19 heavy (non-hydrogen) atoms. The first-order valence-corrected chi connectivity index (χ1v) is 7.48. The van der Waals surface area contributed by atoms with Crippen LogP contribution in [-0.4, -0.2) is 60.5 Å². The zero-order valence-corrected chi connectivity index (χ0v) is 13.3. The Balaban J connectivity index is 2.46. The Morgan fingerprint density at radius 3 is 2.68 bits per heavy atom. The first kappa shape index (κ1) is 16.9. The van der Waals surface area contributed by atoms with Crippen molar-refractivity contribution in [1.29, 1.82) is 0 Å². The minimum atomic E-state index is -0.185. The topological polar surface area (TPSA) is 44.7 Å². The van der Waals surface area contributed by atoms with E-state index in [4.69, 9.17) is 4.74 Å². The van der Waals surface area contributed by atoms with Crippen molar-refractivity contribution in [2.24, 2.45) is 0 Å². The van der Waals surface area contributed by atoms with Crippen LogP contribution in [0, 0.1) is 0 Å². The van der Waals surface area contributed by atoms with Crippen LogP contribution in [0.5, 0.6) is 0 Å². The lowest BCUT2D eigenvalue weighted by molar-refractivity contribution is -0.0526. The first-order valence-electron chi connectivity index (χ1n) is 7.48. The van der Waals surface area contributed by atoms with Gasteiger partial charge in [0.05, 0.1) is 12.2 Å². The molecule has 0 amide bonds. The van der Waals surface area contributed by atoms with Gasteiger partial charge in [0.1, 0.15) is 0 Å². The van der Waals surface area contributed by atoms with Gasteiger partial charge in [-0.25, -0.2) is 0 Å². The van der Waals surface area contributed by atoms with Gasteiger partial charge in [0.25, 0.3) is 0 Å². The van der Waals surface area contributed by atoms with Gasteiger partial charge in [-0.2, -0.15) is 0 Å². The lowest BCUT2D eigenvalue weighted by Gasteiger charge is -2.41. The molecule has 4 heteroatoms. The van der Waals surface area contributed by atoms with E-state index in [1.54, 1.807) is 0 Å². The van der Waals surface area contributed by atoms with Crippen LogP contribution in [0.15, 0.2) is 0 Å². The second kappa shape index (κ2) is 7.02. The maximum Gasteiger partial charge on any atom is 0.0777 e. The third-order valence-electron chi connectivity index (χ3n) is 4.20. The van der Waals surface area contributed by atoms with Crippen LogP contribution in [0.3, 0.4) is 0 Å². The van der Waals surface area contributed by atoms with Crippen molar-refractivity contribution in [3.8, 4) is 0 Å². The lowest BCUT2D eigenvalue weighted by atomic mass is 9.92. The molecule has 1 saturated heterocycles. The number of piperidine rings is 1. The normalized spacial score (nSPS) is 28.6. The molecule has 4 nitrogen and oxygen atoms in total. The van der Waals surface area contributed by atoms with Crippen LogP contribution < -0.4 is 5.32 Å². The van der Waals surface area contributed by atoms with Gasteiger partial charge in [-0.1, -0.05) is 13.8 Å². The Bertz CT molecular complexity index is 273. The molecule has 0 aliphatic carbocycles. The number of nitrogens with one attached hydrogen (secondary N) is 1. The van der Waals surface area contributed by atoms with E-state index in [1.165, 1.54) is 6.42 Å². The number of likely N-dealkylation sites (tertiary alicyclic amines) is 1. The predicted octanol–water partition coefficient (Wildman–Crippen LogP) is 1.63. The Hall–Kier alpha value is -0.160. The number of aliphatic hydroxyl groups excluding tert-OH is 1. The quantitative estimate of drug-likeness (QED) is 0.739. The SMILES string of the molecule is COC1(C)CCCN(CCC(C)(CO)NC(C)C)C1. The van der Waals surface area contributed by atoms with Crippen molar-refractivity contribution >= 4 is 0 Å². The summed E-state index contributed by atoms with van der Waals surface area (Å²) in [6, 6.07) is 0.391. The van der Waals surface area contributed by atoms with E-state index in [1.807, 2.05) is 7.11 Å². The number of nitrogens with zero attached hydrogens (tertiary/aromatic N) is 1. The molecule has 2 N–H and O–H groups in total. The molecule has 0 radical (unpaired) electrons. The Kier molecular flexibility index (Phi) is 6.24. The smallest absolute Gasteiger partial charge is 0.0777 e. The van der Waals surface area contributed by atoms with Crippen LogP contribution >= 0.6 is 0 Å². The molecule has 0 aromatic carbocycles. The second-order valence-electron chi connectivity index (χ2n) is 6.80. The highest BCUT2D eigenvalue weighted by atomic mass is 16.5. The van der Waals surface area contributed by atoms with Crippen molar-refractivity contribution < 1.29 is 9.84 Å². The molecule has 2 atom stereocenters. The van der Waals surface area contributed by atoms with Gasteiger partial charge in [-0.15, -0.1) is 0 Å². The summed E-state index contributed by atoms with van der Waals surface area (Å²) in [5, 5.41) is 13.1. The summed E-state index contributed by atoms with van der Waals surface area (Å²) in [6.07, 6.45) is 3.29. The maximum absolute atomic E-state index is 9.61. The molecule has 1 fully saturated rings. The summed E-state index contributed by atoms with van der Waals surface area (Å²) >= 11 is 0. The zero-order valence-electron chi connectivity index (χ0n) is 13.3. The van der Waals surface area contributed by atoms with Crippen LogP contribution in [0.2, 0.25) is 0 Å². The van der Waals surface area contributed by atoms with Crippen LogP contribution in [0.4, 0.5) is 0 Å². The highest BCUT2D eigenvalue weighted by Crippen LogP contribution is 2.24. The summed E-state index contributed by atoms with van der Waals surface area (Å²) in [5.41, 5.74) is -0.186. The summed E-state index contributed by atoms with van der Waals surface area (Å²) < 4.78 is 5.63. The molecule has 1 aliphatic heterocycles. The van der Waals surface area contributed by atoms with Gasteiger partial charge >= 0.3 is 0 Å². The Labute approximate surface area is 118 Å². The van der Waals surface area contributed by atoms with Gasteiger partial charge in [-0.05, 0) is 39.7 Å². The van der Waals surface area contributed by atoms with Crippen LogP contribution in [0.25, 0.3) is 0 Å². The first-order chi connectivity index (χ1) is 8.82. The molecule has 1 heterocycles. The van der Waals surface area contributed by atoms with E-state index in [0.29, 0.717) is 6.04 Å². The number of methoxy groups -OCH3 is 1. The van der Waals surface area contributed by atoms with Gasteiger partial charge < -0.3 is 20.1 Å². The standard InChI is InChI=1S/C15H32N2O2/c1-13(2)16-14(3,12-18)8-10-17-9-6-7-15(4,11-17)19-5/h13,16,18H,6-12H2,1-5H3. The monoisotopic (exact) mass is 272 g/mol. The molecule has 114 valence electrons. The van der Waals surface area contributed by atoms with Crippen molar-refractivity contribution in [3.63, 3.8) is 0 Å². The molecule has 0 spiro atoms. The molecule has 0 aromatic rings. The third kappa shape index (κ3) is 5.38. The molecule has 0 aromatic heterocycles. The lowest BCUT2D eigenvalue weighted by Crippen LogP contribution is -2.53. The van der Waals surface area contributed by atoms with E-state index >= 15 is 0 Å². The summed E-state index contributed by atoms with van der Waals surface area (Å²) in [7, 11) is 1.81. The second-order valence-corrected chi connectivity index (χ2v) is 6.80. The summed E-state index contributed by atoms with van der Waals surface area (Å²) in [4.78, 5) is 2.46. The predicted molar refractivity (Wildman–Crippen MR) is 79.5 cm³/mol. The molecule has 0 saturated carbocycles. The molecule has 2 unspecified atom stereocenters. The number of hydrogen-bond acceptors (Lipinski definition) is 4. The molecular formula is C15H32N2O2. The van der Waals surface area contributed by atoms with Crippen LogP contribution in [0.1, 0.15) is 47.0 Å².